The van der Waals surface area contributed by atoms with Gasteiger partial charge in [-0.25, -0.2) is 9.18 Å². The Labute approximate surface area is 77.7 Å². The van der Waals surface area contributed by atoms with Gasteiger partial charge in [0.2, 0.25) is 0 Å². The summed E-state index contributed by atoms with van der Waals surface area (Å²) in [4.78, 5) is 21.0. The van der Waals surface area contributed by atoms with Crippen LogP contribution in [0.2, 0.25) is 0 Å². The van der Waals surface area contributed by atoms with Gasteiger partial charge >= 0.3 is 5.97 Å². The van der Waals surface area contributed by atoms with Gasteiger partial charge in [-0.05, 0) is 29.8 Å². The summed E-state index contributed by atoms with van der Waals surface area (Å²) in [5.74, 6) is -2.11. The molecule has 0 saturated carbocycles. The molecular weight excluding hydrogens is 199 g/mol. The summed E-state index contributed by atoms with van der Waals surface area (Å²) in [5, 5.41) is 7.61. The summed E-state index contributed by atoms with van der Waals surface area (Å²) in [7, 11) is 0. The van der Waals surface area contributed by atoms with Crippen molar-refractivity contribution in [2.75, 3.05) is 0 Å². The number of benzene rings is 1. The van der Waals surface area contributed by atoms with E-state index in [9.17, 15) is 14.0 Å². The van der Waals surface area contributed by atoms with Gasteiger partial charge in [0.25, 0.3) is 5.24 Å². The van der Waals surface area contributed by atoms with Crippen LogP contribution in [0.1, 0.15) is 20.7 Å². The van der Waals surface area contributed by atoms with Crippen molar-refractivity contribution in [3.8, 4) is 0 Å². The lowest BCUT2D eigenvalue weighted by Crippen LogP contribution is -2.00. The topological polar surface area (TPSA) is 54.4 Å². The van der Waals surface area contributed by atoms with Gasteiger partial charge in [0.1, 0.15) is 5.82 Å². The quantitative estimate of drug-likeness (QED) is 0.746. The number of aromatic carboxylic acids is 1. The zero-order valence-corrected chi connectivity index (χ0v) is 7.01. The fourth-order valence-corrected chi connectivity index (χ4v) is 0.936. The first-order chi connectivity index (χ1) is 6.00. The third-order valence-electron chi connectivity index (χ3n) is 1.37. The molecule has 0 atom stereocenters. The Morgan fingerprint density at radius 3 is 2.23 bits per heavy atom. The number of carboxylic acid groups (broad SMARTS) is 1. The summed E-state index contributed by atoms with van der Waals surface area (Å²) in [6, 6.07) is 2.70. The van der Waals surface area contributed by atoms with Crippen LogP contribution in [0.15, 0.2) is 18.2 Å². The van der Waals surface area contributed by atoms with Gasteiger partial charge in [-0.1, -0.05) is 0 Å². The predicted octanol–water partition coefficient (Wildman–Crippen LogP) is 1.90. The molecule has 3 nitrogen and oxygen atoms in total. The largest absolute Gasteiger partial charge is 0.478 e. The second-order valence-electron chi connectivity index (χ2n) is 2.31. The highest BCUT2D eigenvalue weighted by atomic mass is 35.5. The second kappa shape index (κ2) is 3.53. The predicted molar refractivity (Wildman–Crippen MR) is 43.5 cm³/mol. The van der Waals surface area contributed by atoms with Gasteiger partial charge < -0.3 is 5.11 Å². The molecule has 0 aliphatic heterocycles. The minimum atomic E-state index is -1.31. The fraction of sp³-hybridized carbons (Fsp3) is 0. The van der Waals surface area contributed by atoms with E-state index >= 15 is 0 Å². The molecule has 1 aromatic rings. The minimum Gasteiger partial charge on any atom is -0.478 e. The van der Waals surface area contributed by atoms with Crippen LogP contribution in [0.5, 0.6) is 0 Å². The van der Waals surface area contributed by atoms with Crippen molar-refractivity contribution in [2.24, 2.45) is 0 Å². The normalized spacial score (nSPS) is 9.69. The Morgan fingerprint density at radius 2 is 1.77 bits per heavy atom. The number of hydrogen-bond acceptors (Lipinski definition) is 2. The van der Waals surface area contributed by atoms with Gasteiger partial charge in [-0.15, -0.1) is 0 Å². The maximum Gasteiger partial charge on any atom is 0.335 e. The monoisotopic (exact) mass is 202 g/mol. The smallest absolute Gasteiger partial charge is 0.335 e. The summed E-state index contributed by atoms with van der Waals surface area (Å²) < 4.78 is 12.7. The molecule has 0 saturated heterocycles. The second-order valence-corrected chi connectivity index (χ2v) is 2.65. The molecule has 0 aliphatic carbocycles. The molecular formula is C8H4ClFO3. The molecule has 0 amide bonds. The van der Waals surface area contributed by atoms with E-state index in [0.717, 1.165) is 18.2 Å². The molecule has 0 heterocycles. The highest BCUT2D eigenvalue weighted by Gasteiger charge is 2.10. The average Bonchev–Trinajstić information content (AvgIpc) is 2.03. The van der Waals surface area contributed by atoms with Gasteiger partial charge in [-0.2, -0.15) is 0 Å². The molecule has 0 spiro atoms. The van der Waals surface area contributed by atoms with E-state index in [2.05, 4.69) is 0 Å². The van der Waals surface area contributed by atoms with E-state index in [1.54, 1.807) is 0 Å². The zero-order valence-electron chi connectivity index (χ0n) is 6.25. The van der Waals surface area contributed by atoms with Crippen LogP contribution >= 0.6 is 11.6 Å². The van der Waals surface area contributed by atoms with E-state index < -0.39 is 17.0 Å². The highest BCUT2D eigenvalue weighted by molar-refractivity contribution is 6.67. The maximum absolute atomic E-state index is 12.7. The average molecular weight is 203 g/mol. The van der Waals surface area contributed by atoms with E-state index in [-0.39, 0.29) is 11.1 Å². The van der Waals surface area contributed by atoms with Crippen molar-refractivity contribution < 1.29 is 19.1 Å². The van der Waals surface area contributed by atoms with Gasteiger partial charge in [0.15, 0.2) is 0 Å². The molecule has 0 aromatic heterocycles. The molecule has 1 rings (SSSR count). The number of carboxylic acids is 1. The Bertz CT molecular complexity index is 343. The number of hydrogen-bond donors (Lipinski definition) is 1. The van der Waals surface area contributed by atoms with E-state index in [0.29, 0.717) is 0 Å². The van der Waals surface area contributed by atoms with Crippen molar-refractivity contribution in [2.45, 2.75) is 0 Å². The Morgan fingerprint density at radius 1 is 1.23 bits per heavy atom. The van der Waals surface area contributed by atoms with Crippen LogP contribution < -0.4 is 0 Å². The minimum absolute atomic E-state index is 0.168. The van der Waals surface area contributed by atoms with Crippen LogP contribution in [-0.4, -0.2) is 16.3 Å². The lowest BCUT2D eigenvalue weighted by atomic mass is 10.1. The lowest BCUT2D eigenvalue weighted by Gasteiger charge is -1.97. The molecule has 5 heteroatoms. The first kappa shape index (κ1) is 9.67. The van der Waals surface area contributed by atoms with Crippen molar-refractivity contribution in [1.29, 1.82) is 0 Å². The number of carbonyl (C=O) groups is 2. The van der Waals surface area contributed by atoms with Crippen molar-refractivity contribution in [3.05, 3.63) is 35.1 Å². The standard InChI is InChI=1S/C8H4ClFO3/c9-7(11)4-1-5(8(12)13)3-6(10)2-4/h1-3H,(H,12,13). The molecule has 0 radical (unpaired) electrons. The summed E-state index contributed by atoms with van der Waals surface area (Å²) >= 11 is 5.05. The lowest BCUT2D eigenvalue weighted by molar-refractivity contribution is 0.0696. The Kier molecular flexibility index (Phi) is 2.63. The van der Waals surface area contributed by atoms with Crippen LogP contribution in [0.25, 0.3) is 0 Å². The van der Waals surface area contributed by atoms with Crippen LogP contribution in [0.4, 0.5) is 4.39 Å². The fourth-order valence-electron chi connectivity index (χ4n) is 0.827. The maximum atomic E-state index is 12.7. The number of carbonyl (C=O) groups excluding carboxylic acids is 1. The first-order valence-electron chi connectivity index (χ1n) is 3.24. The third kappa shape index (κ3) is 2.26. The Balaban J connectivity index is 3.26. The van der Waals surface area contributed by atoms with E-state index in [4.69, 9.17) is 16.7 Å². The van der Waals surface area contributed by atoms with Crippen molar-refractivity contribution in [3.63, 3.8) is 0 Å². The molecule has 0 unspecified atom stereocenters. The molecule has 1 aromatic carbocycles. The Hall–Kier alpha value is -1.42. The third-order valence-corrected chi connectivity index (χ3v) is 1.59. The van der Waals surface area contributed by atoms with Crippen LogP contribution in [0.3, 0.4) is 0 Å². The van der Waals surface area contributed by atoms with E-state index in [1.165, 1.54) is 0 Å². The van der Waals surface area contributed by atoms with E-state index in [1.807, 2.05) is 0 Å². The van der Waals surface area contributed by atoms with Gasteiger partial charge in [0, 0.05) is 5.56 Å². The molecule has 13 heavy (non-hydrogen) atoms. The van der Waals surface area contributed by atoms with Gasteiger partial charge in [0.05, 0.1) is 5.56 Å². The van der Waals surface area contributed by atoms with Crippen molar-refractivity contribution in [1.82, 2.24) is 0 Å². The molecule has 1 N–H and O–H groups in total. The summed E-state index contributed by atoms with van der Waals surface area (Å²) in [6.45, 7) is 0. The SMILES string of the molecule is O=C(O)c1cc(F)cc(C(=O)Cl)c1. The van der Waals surface area contributed by atoms with Gasteiger partial charge in [-0.3, -0.25) is 4.79 Å². The molecule has 0 fully saturated rings. The first-order valence-corrected chi connectivity index (χ1v) is 3.62. The number of rotatable bonds is 2. The molecule has 68 valence electrons. The van der Waals surface area contributed by atoms with Crippen molar-refractivity contribution >= 4 is 22.8 Å². The summed E-state index contributed by atoms with van der Waals surface area (Å²) in [5.41, 5.74) is -0.469. The molecule has 0 bridgehead atoms. The zero-order chi connectivity index (χ0) is 10.0. The number of halogens is 2. The van der Waals surface area contributed by atoms with Crippen LogP contribution in [-0.2, 0) is 0 Å². The van der Waals surface area contributed by atoms with Crippen LogP contribution in [0, 0.1) is 5.82 Å². The summed E-state index contributed by atoms with van der Waals surface area (Å²) in [6.07, 6.45) is 0. The molecule has 0 aliphatic rings. The highest BCUT2D eigenvalue weighted by Crippen LogP contribution is 2.11.